The fraction of sp³-hybridized carbons (Fsp3) is 0.217. The minimum absolute atomic E-state index is 0. The smallest absolute Gasteiger partial charge is 0.870 e. The van der Waals surface area contributed by atoms with E-state index in [1.54, 1.807) is 100 Å². The zero-order valence-electron chi connectivity index (χ0n) is 35.0. The molecule has 10 nitrogen and oxygen atoms in total. The van der Waals surface area contributed by atoms with Gasteiger partial charge in [0.15, 0.2) is 11.4 Å². The van der Waals surface area contributed by atoms with Crippen LogP contribution in [0.1, 0.15) is 74.4 Å². The van der Waals surface area contributed by atoms with Crippen molar-refractivity contribution in [1.82, 2.24) is 19.6 Å². The molecule has 3 aliphatic heterocycles. The van der Waals surface area contributed by atoms with Crippen molar-refractivity contribution in [2.75, 3.05) is 31.3 Å². The molecule has 6 aromatic rings. The van der Waals surface area contributed by atoms with Crippen LogP contribution in [0.25, 0.3) is 34.7 Å². The number of aromatic nitrogens is 4. The van der Waals surface area contributed by atoms with Crippen LogP contribution in [-0.2, 0) is 21.0 Å². The number of carboxylic acids is 1. The number of carboxylic acid groups (broad SMARTS) is 1. The molecule has 19 heteroatoms. The van der Waals surface area contributed by atoms with Gasteiger partial charge in [-0.25, -0.2) is 27.7 Å². The topological polar surface area (TPSA) is 138 Å². The summed E-state index contributed by atoms with van der Waals surface area (Å²) < 4.78 is 39.9. The Hall–Kier alpha value is -4.04. The fourth-order valence-electron chi connectivity index (χ4n) is 6.94. The monoisotopic (exact) mass is 992 g/mol. The van der Waals surface area contributed by atoms with E-state index in [0.29, 0.717) is 65.7 Å². The van der Waals surface area contributed by atoms with Crippen molar-refractivity contribution in [3.8, 4) is 11.4 Å². The molecule has 2 N–H and O–H groups in total. The predicted octanol–water partition coefficient (Wildman–Crippen LogP) is 9.71. The number of carbonyl (C=O) groups excluding carboxylic acids is 1. The van der Waals surface area contributed by atoms with Gasteiger partial charge in [0.25, 0.3) is 0 Å². The van der Waals surface area contributed by atoms with Gasteiger partial charge in [0.2, 0.25) is 0 Å². The first kappa shape index (κ1) is 51.9. The summed E-state index contributed by atoms with van der Waals surface area (Å²) in [6, 6.07) is 22.5. The van der Waals surface area contributed by atoms with Crippen LogP contribution in [0.5, 0.6) is 0 Å². The number of hydrogen-bond acceptors (Lipinski definition) is 9. The van der Waals surface area contributed by atoms with E-state index < -0.39 is 11.9 Å². The summed E-state index contributed by atoms with van der Waals surface area (Å²) in [5.74, 6) is 0.359. The summed E-state index contributed by atoms with van der Waals surface area (Å²) in [5.41, 5.74) is 7.89. The normalized spacial score (nSPS) is 15.0. The molecule has 0 saturated carbocycles. The maximum atomic E-state index is 13.3. The number of benzene rings is 4. The maximum Gasteiger partial charge on any atom is 1.00 e. The molecular formula is C46H39Cl4F2LiN4O6S2. The van der Waals surface area contributed by atoms with Crippen molar-refractivity contribution in [1.29, 1.82) is 0 Å². The van der Waals surface area contributed by atoms with E-state index >= 15 is 0 Å². The van der Waals surface area contributed by atoms with E-state index in [1.807, 2.05) is 12.2 Å². The first-order valence-electron chi connectivity index (χ1n) is 19.6. The molecule has 334 valence electrons. The summed E-state index contributed by atoms with van der Waals surface area (Å²) in [6.07, 6.45) is 6.44. The Bertz CT molecular complexity index is 2710. The molecule has 5 heterocycles. The number of aromatic carboxylic acids is 1. The Kier molecular flexibility index (Phi) is 19.3. The van der Waals surface area contributed by atoms with Crippen molar-refractivity contribution in [3.63, 3.8) is 0 Å². The van der Waals surface area contributed by atoms with Gasteiger partial charge in [-0.05, 0) is 115 Å². The zero-order chi connectivity index (χ0) is 44.6. The molecule has 0 atom stereocenters. The molecule has 0 bridgehead atoms. The van der Waals surface area contributed by atoms with Crippen molar-refractivity contribution < 1.29 is 57.3 Å². The van der Waals surface area contributed by atoms with Gasteiger partial charge in [-0.2, -0.15) is 33.7 Å². The number of esters is 1. The predicted molar refractivity (Wildman–Crippen MR) is 253 cm³/mol. The molecule has 65 heavy (non-hydrogen) atoms. The molecule has 2 aromatic heterocycles. The third-order valence-corrected chi connectivity index (χ3v) is 12.9. The summed E-state index contributed by atoms with van der Waals surface area (Å²) in [4.78, 5) is 24.3. The zero-order valence-corrected chi connectivity index (χ0v) is 39.7. The Balaban J connectivity index is 0.000000214. The van der Waals surface area contributed by atoms with Gasteiger partial charge in [-0.15, -0.1) is 0 Å². The standard InChI is InChI=1S/C22H17Cl2FN2O2S.C20H13Cl2FN2O2S.C4H8O.Li.H2O/c1-2-29-22(28)20-17-12-30-11-14(9-13-3-6-16(25)7-4-13)21(17)27(26-20)19-8-5-15(23)10-18(19)24;21-13-3-6-17(16(22)8-13)25-19-12(7-11-1-4-14(23)5-2-11)9-28-10-15(19)18(24-25)20(26)27;1-2-4-5-3-1;;/h3-10H,2,11-12H2,1H3;1-8H,9-10H2,(H,26,27);1-4H2;;1H2/q;;;+1;/p-1/b14-9+;12-7+;;;. The second-order valence-electron chi connectivity index (χ2n) is 14.1. The Labute approximate surface area is 414 Å². The van der Waals surface area contributed by atoms with Crippen LogP contribution in [0, 0.1) is 11.6 Å². The van der Waals surface area contributed by atoms with Crippen LogP contribution < -0.4 is 18.9 Å². The quantitative estimate of drug-likeness (QED) is 0.122. The average molecular weight is 995 g/mol. The van der Waals surface area contributed by atoms with Gasteiger partial charge in [-0.3, -0.25) is 0 Å². The largest absolute Gasteiger partial charge is 1.00 e. The number of rotatable bonds is 7. The molecule has 3 aliphatic rings. The SMILES string of the molecule is C1CCOC1.CCOC(=O)c1nn(-c2ccc(Cl)cc2Cl)c2c1CSC/C2=C\c1ccc(F)cc1.O=C(O)c1nn(-c2ccc(Cl)cc2Cl)c2c1CSC/C2=C\c1ccc(F)cc1.[Li+].[OH-]. The molecule has 0 radical (unpaired) electrons. The molecule has 0 aliphatic carbocycles. The molecule has 0 unspecified atom stereocenters. The number of carbonyl (C=O) groups is 2. The van der Waals surface area contributed by atoms with Gasteiger partial charge in [-0.1, -0.05) is 70.7 Å². The average Bonchev–Trinajstić information content (AvgIpc) is 4.05. The van der Waals surface area contributed by atoms with Gasteiger partial charge in [0.05, 0.1) is 39.4 Å². The summed E-state index contributed by atoms with van der Waals surface area (Å²) in [5, 5.41) is 20.3. The molecule has 4 aromatic carbocycles. The van der Waals surface area contributed by atoms with E-state index in [0.717, 1.165) is 46.7 Å². The Morgan fingerprint density at radius 1 is 0.708 bits per heavy atom. The van der Waals surface area contributed by atoms with E-state index in [4.69, 9.17) is 55.9 Å². The number of ether oxygens (including phenoxy) is 2. The summed E-state index contributed by atoms with van der Waals surface area (Å²) in [7, 11) is 0. The van der Waals surface area contributed by atoms with Crippen molar-refractivity contribution >= 4 is 105 Å². The molecular weight excluding hydrogens is 955 g/mol. The second kappa shape index (κ2) is 24.1. The van der Waals surface area contributed by atoms with E-state index in [1.165, 1.54) is 37.1 Å². The Morgan fingerprint density at radius 3 is 1.52 bits per heavy atom. The van der Waals surface area contributed by atoms with E-state index in [9.17, 15) is 23.5 Å². The van der Waals surface area contributed by atoms with Crippen LogP contribution in [0.3, 0.4) is 0 Å². The van der Waals surface area contributed by atoms with E-state index in [-0.39, 0.29) is 54.0 Å². The molecule has 0 amide bonds. The van der Waals surface area contributed by atoms with Crippen molar-refractivity contribution in [2.24, 2.45) is 0 Å². The minimum Gasteiger partial charge on any atom is -0.870 e. The van der Waals surface area contributed by atoms with E-state index in [2.05, 4.69) is 10.2 Å². The van der Waals surface area contributed by atoms with Crippen LogP contribution in [0.15, 0.2) is 84.9 Å². The minimum atomic E-state index is -1.09. The first-order chi connectivity index (χ1) is 30.4. The number of hydrogen-bond donors (Lipinski definition) is 1. The maximum absolute atomic E-state index is 13.3. The Morgan fingerprint density at radius 2 is 1.14 bits per heavy atom. The number of fused-ring (bicyclic) bond motifs is 2. The van der Waals surface area contributed by atoms with Crippen LogP contribution in [0.2, 0.25) is 20.1 Å². The summed E-state index contributed by atoms with van der Waals surface area (Å²) >= 11 is 28.2. The van der Waals surface area contributed by atoms with Crippen LogP contribution in [0.4, 0.5) is 8.78 Å². The molecule has 1 fully saturated rings. The second-order valence-corrected chi connectivity index (χ2v) is 17.8. The number of thioether (sulfide) groups is 2. The van der Waals surface area contributed by atoms with Gasteiger partial charge in [0.1, 0.15) is 11.6 Å². The molecule has 9 rings (SSSR count). The third-order valence-electron chi connectivity index (χ3n) is 9.78. The third kappa shape index (κ3) is 12.7. The number of halogens is 6. The van der Waals surface area contributed by atoms with Gasteiger partial charge >= 0.3 is 30.8 Å². The van der Waals surface area contributed by atoms with Crippen LogP contribution >= 0.6 is 69.9 Å². The van der Waals surface area contributed by atoms with Gasteiger partial charge in [0, 0.05) is 57.4 Å². The summed E-state index contributed by atoms with van der Waals surface area (Å²) in [6.45, 7) is 4.01. The molecule has 1 saturated heterocycles. The first-order valence-corrected chi connectivity index (χ1v) is 23.4. The van der Waals surface area contributed by atoms with Gasteiger partial charge < -0.3 is 20.1 Å². The number of nitrogens with zero attached hydrogens (tertiary/aromatic N) is 4. The van der Waals surface area contributed by atoms with Crippen molar-refractivity contribution in [2.45, 2.75) is 31.3 Å². The van der Waals surface area contributed by atoms with Crippen LogP contribution in [-0.4, -0.2) is 73.4 Å². The molecule has 0 spiro atoms. The van der Waals surface area contributed by atoms with Crippen molar-refractivity contribution in [3.05, 3.63) is 162 Å². The fourth-order valence-corrected chi connectivity index (χ4v) is 9.95.